The third kappa shape index (κ3) is 3.04. The molecule has 2 aromatic carbocycles. The van der Waals surface area contributed by atoms with Gasteiger partial charge in [-0.05, 0) is 55.2 Å². The fourth-order valence-electron chi connectivity index (χ4n) is 2.11. The van der Waals surface area contributed by atoms with Crippen LogP contribution in [0.4, 0.5) is 11.4 Å². The minimum Gasteiger partial charge on any atom is -0.399 e. The molecule has 94 valence electrons. The molecule has 0 saturated heterocycles. The number of nitrogen functional groups attached to an aromatic ring is 1. The maximum Gasteiger partial charge on any atom is 0.0371 e. The van der Waals surface area contributed by atoms with E-state index in [4.69, 9.17) is 5.73 Å². The smallest absolute Gasteiger partial charge is 0.0371 e. The Hall–Kier alpha value is -1.96. The summed E-state index contributed by atoms with van der Waals surface area (Å²) in [4.78, 5) is 0. The predicted octanol–water partition coefficient (Wildman–Crippen LogP) is 3.54. The highest BCUT2D eigenvalue weighted by molar-refractivity contribution is 5.57. The molecule has 2 rings (SSSR count). The summed E-state index contributed by atoms with van der Waals surface area (Å²) in [6, 6.07) is 14.5. The molecule has 0 aliphatic carbocycles. The van der Waals surface area contributed by atoms with Crippen molar-refractivity contribution in [2.75, 3.05) is 17.6 Å². The van der Waals surface area contributed by atoms with E-state index >= 15 is 0 Å². The first kappa shape index (κ1) is 12.5. The molecular weight excluding hydrogens is 220 g/mol. The lowest BCUT2D eigenvalue weighted by molar-refractivity contribution is 1.00. The molecule has 0 aromatic heterocycles. The largest absolute Gasteiger partial charge is 0.399 e. The average molecular weight is 240 g/mol. The van der Waals surface area contributed by atoms with E-state index in [1.54, 1.807) is 0 Å². The number of nitrogens with two attached hydrogens (primary N) is 1. The van der Waals surface area contributed by atoms with Crippen LogP contribution < -0.4 is 11.1 Å². The van der Waals surface area contributed by atoms with Crippen LogP contribution >= 0.6 is 0 Å². The molecule has 0 saturated carbocycles. The van der Waals surface area contributed by atoms with Crippen molar-refractivity contribution in [2.24, 2.45) is 0 Å². The molecule has 0 radical (unpaired) electrons. The monoisotopic (exact) mass is 240 g/mol. The zero-order valence-corrected chi connectivity index (χ0v) is 11.0. The Labute approximate surface area is 109 Å². The Bertz CT molecular complexity index is 532. The van der Waals surface area contributed by atoms with Crippen molar-refractivity contribution in [1.82, 2.24) is 0 Å². The van der Waals surface area contributed by atoms with Gasteiger partial charge in [0.05, 0.1) is 0 Å². The second-order valence-electron chi connectivity index (χ2n) is 4.68. The number of aryl methyl sites for hydroxylation is 2. The van der Waals surface area contributed by atoms with Gasteiger partial charge in [-0.25, -0.2) is 0 Å². The summed E-state index contributed by atoms with van der Waals surface area (Å²) >= 11 is 0. The van der Waals surface area contributed by atoms with Crippen molar-refractivity contribution in [1.29, 1.82) is 0 Å². The van der Waals surface area contributed by atoms with E-state index in [-0.39, 0.29) is 0 Å². The molecule has 2 heteroatoms. The van der Waals surface area contributed by atoms with Crippen LogP contribution in [0.2, 0.25) is 0 Å². The molecule has 0 amide bonds. The Morgan fingerprint density at radius 1 is 1.00 bits per heavy atom. The summed E-state index contributed by atoms with van der Waals surface area (Å²) in [5, 5.41) is 3.46. The zero-order valence-electron chi connectivity index (χ0n) is 11.0. The van der Waals surface area contributed by atoms with Crippen LogP contribution in [0.3, 0.4) is 0 Å². The lowest BCUT2D eigenvalue weighted by atomic mass is 10.1. The number of anilines is 2. The Morgan fingerprint density at radius 3 is 2.50 bits per heavy atom. The molecular formula is C16H20N2. The lowest BCUT2D eigenvalue weighted by Crippen LogP contribution is -2.07. The molecule has 0 bridgehead atoms. The molecule has 0 aliphatic heterocycles. The number of hydrogen-bond acceptors (Lipinski definition) is 2. The van der Waals surface area contributed by atoms with Gasteiger partial charge in [0.2, 0.25) is 0 Å². The average Bonchev–Trinajstić information content (AvgIpc) is 2.34. The number of hydrogen-bond donors (Lipinski definition) is 2. The second kappa shape index (κ2) is 5.58. The van der Waals surface area contributed by atoms with Gasteiger partial charge in [0.15, 0.2) is 0 Å². The van der Waals surface area contributed by atoms with Crippen LogP contribution in [0.1, 0.15) is 16.7 Å². The predicted molar refractivity (Wildman–Crippen MR) is 79.0 cm³/mol. The summed E-state index contributed by atoms with van der Waals surface area (Å²) in [6.07, 6.45) is 1.04. The van der Waals surface area contributed by atoms with E-state index in [2.05, 4.69) is 43.4 Å². The Morgan fingerprint density at radius 2 is 1.78 bits per heavy atom. The normalized spacial score (nSPS) is 10.3. The number of nitrogens with one attached hydrogen (secondary N) is 1. The van der Waals surface area contributed by atoms with E-state index < -0.39 is 0 Å². The van der Waals surface area contributed by atoms with Crippen molar-refractivity contribution in [2.45, 2.75) is 20.3 Å². The fourth-order valence-corrected chi connectivity index (χ4v) is 2.11. The molecule has 0 atom stereocenters. The van der Waals surface area contributed by atoms with Crippen LogP contribution in [0.15, 0.2) is 42.5 Å². The van der Waals surface area contributed by atoms with Crippen LogP contribution in [0, 0.1) is 13.8 Å². The van der Waals surface area contributed by atoms with Crippen molar-refractivity contribution in [3.8, 4) is 0 Å². The van der Waals surface area contributed by atoms with Crippen LogP contribution in [-0.2, 0) is 6.42 Å². The van der Waals surface area contributed by atoms with Gasteiger partial charge in [0.25, 0.3) is 0 Å². The standard InChI is InChI=1S/C16H20N2/c1-12-5-3-4-6-14(12)9-10-18-16-8-7-15(17)11-13(16)2/h3-8,11,18H,9-10,17H2,1-2H3. The van der Waals surface area contributed by atoms with Crippen molar-refractivity contribution in [3.05, 3.63) is 59.2 Å². The van der Waals surface area contributed by atoms with Gasteiger partial charge in [-0.1, -0.05) is 24.3 Å². The molecule has 0 spiro atoms. The molecule has 0 heterocycles. The first-order valence-corrected chi connectivity index (χ1v) is 6.31. The molecule has 2 nitrogen and oxygen atoms in total. The first-order valence-electron chi connectivity index (χ1n) is 6.31. The highest BCUT2D eigenvalue weighted by Gasteiger charge is 1.99. The van der Waals surface area contributed by atoms with Gasteiger partial charge in [0.1, 0.15) is 0 Å². The summed E-state index contributed by atoms with van der Waals surface area (Å²) in [6.45, 7) is 5.17. The van der Waals surface area contributed by atoms with E-state index in [0.717, 1.165) is 24.3 Å². The second-order valence-corrected chi connectivity index (χ2v) is 4.68. The third-order valence-electron chi connectivity index (χ3n) is 3.22. The SMILES string of the molecule is Cc1ccccc1CCNc1ccc(N)cc1C. The van der Waals surface area contributed by atoms with Gasteiger partial charge in [-0.15, -0.1) is 0 Å². The third-order valence-corrected chi connectivity index (χ3v) is 3.22. The fraction of sp³-hybridized carbons (Fsp3) is 0.250. The first-order chi connectivity index (χ1) is 8.66. The van der Waals surface area contributed by atoms with Crippen LogP contribution in [-0.4, -0.2) is 6.54 Å². The molecule has 18 heavy (non-hydrogen) atoms. The maximum absolute atomic E-state index is 5.74. The highest BCUT2D eigenvalue weighted by atomic mass is 14.9. The van der Waals surface area contributed by atoms with Gasteiger partial charge >= 0.3 is 0 Å². The molecule has 0 aliphatic rings. The van der Waals surface area contributed by atoms with Gasteiger partial charge in [-0.3, -0.25) is 0 Å². The van der Waals surface area contributed by atoms with Gasteiger partial charge in [-0.2, -0.15) is 0 Å². The quantitative estimate of drug-likeness (QED) is 0.802. The molecule has 2 aromatic rings. The van der Waals surface area contributed by atoms with E-state index in [1.807, 2.05) is 18.2 Å². The van der Waals surface area contributed by atoms with E-state index in [9.17, 15) is 0 Å². The Kier molecular flexibility index (Phi) is 3.88. The topological polar surface area (TPSA) is 38.0 Å². The van der Waals surface area contributed by atoms with Crippen molar-refractivity contribution >= 4 is 11.4 Å². The minimum atomic E-state index is 0.817. The molecule has 3 N–H and O–H groups in total. The van der Waals surface area contributed by atoms with Gasteiger partial charge in [0, 0.05) is 17.9 Å². The Balaban J connectivity index is 1.95. The zero-order chi connectivity index (χ0) is 13.0. The van der Waals surface area contributed by atoms with Crippen molar-refractivity contribution in [3.63, 3.8) is 0 Å². The van der Waals surface area contributed by atoms with Crippen LogP contribution in [0.5, 0.6) is 0 Å². The van der Waals surface area contributed by atoms with E-state index in [1.165, 1.54) is 16.7 Å². The van der Waals surface area contributed by atoms with E-state index in [0.29, 0.717) is 0 Å². The molecule has 0 unspecified atom stereocenters. The lowest BCUT2D eigenvalue weighted by Gasteiger charge is -2.11. The van der Waals surface area contributed by atoms with Crippen LogP contribution in [0.25, 0.3) is 0 Å². The minimum absolute atomic E-state index is 0.817. The maximum atomic E-state index is 5.74. The van der Waals surface area contributed by atoms with Crippen molar-refractivity contribution < 1.29 is 0 Å². The number of benzene rings is 2. The summed E-state index contributed by atoms with van der Waals surface area (Å²) in [5.74, 6) is 0. The summed E-state index contributed by atoms with van der Waals surface area (Å²) in [7, 11) is 0. The van der Waals surface area contributed by atoms with Gasteiger partial charge < -0.3 is 11.1 Å². The number of rotatable bonds is 4. The summed E-state index contributed by atoms with van der Waals surface area (Å²) in [5.41, 5.74) is 11.7. The summed E-state index contributed by atoms with van der Waals surface area (Å²) < 4.78 is 0. The molecule has 0 fully saturated rings. The highest BCUT2D eigenvalue weighted by Crippen LogP contribution is 2.17.